The molecule has 1 atom stereocenters. The van der Waals surface area contributed by atoms with Crippen molar-refractivity contribution >= 4 is 57.2 Å². The minimum atomic E-state index is -0.768. The highest BCUT2D eigenvalue weighted by molar-refractivity contribution is 7.15. The summed E-state index contributed by atoms with van der Waals surface area (Å²) in [4.78, 5) is 17.5. The van der Waals surface area contributed by atoms with E-state index in [-0.39, 0.29) is 5.91 Å². The molecule has 1 heterocycles. The van der Waals surface area contributed by atoms with Crippen LogP contribution in [0.3, 0.4) is 0 Å². The second-order valence-electron chi connectivity index (χ2n) is 5.31. The molecule has 1 aromatic heterocycles. The summed E-state index contributed by atoms with van der Waals surface area (Å²) in [5.41, 5.74) is 1.65. The van der Waals surface area contributed by atoms with Gasteiger partial charge in [-0.2, -0.15) is 0 Å². The van der Waals surface area contributed by atoms with Gasteiger partial charge in [0.25, 0.3) is 0 Å². The number of hydrogen-bond donors (Lipinski definition) is 1. The lowest BCUT2D eigenvalue weighted by atomic mass is 10.1. The minimum absolute atomic E-state index is 0.311. The van der Waals surface area contributed by atoms with Crippen LogP contribution in [0.15, 0.2) is 54.7 Å². The Morgan fingerprint density at radius 3 is 2.68 bits per heavy atom. The maximum atomic E-state index is 12.3. The Kier molecular flexibility index (Phi) is 5.97. The smallest absolute Gasteiger partial charge is 0.248 e. The quantitative estimate of drug-likeness (QED) is 0.526. The largest absolute Gasteiger partial charge is 0.300 e. The lowest BCUT2D eigenvalue weighted by molar-refractivity contribution is -0.116. The van der Waals surface area contributed by atoms with Gasteiger partial charge in [0, 0.05) is 27.5 Å². The van der Waals surface area contributed by atoms with Crippen LogP contribution in [0.25, 0.3) is 0 Å². The number of nitrogens with one attached hydrogen (secondary N) is 1. The fraction of sp³-hybridized carbons (Fsp3) is 0.111. The van der Waals surface area contributed by atoms with Gasteiger partial charge in [0.1, 0.15) is 5.38 Å². The van der Waals surface area contributed by atoms with Gasteiger partial charge in [0.2, 0.25) is 5.91 Å². The van der Waals surface area contributed by atoms with Crippen LogP contribution in [-0.4, -0.2) is 10.9 Å². The molecule has 0 fully saturated rings. The third-order valence-corrected chi connectivity index (χ3v) is 5.45. The molecule has 2 aromatic carbocycles. The molecule has 0 saturated heterocycles. The second kappa shape index (κ2) is 8.19. The van der Waals surface area contributed by atoms with Gasteiger partial charge in [-0.1, -0.05) is 53.5 Å². The van der Waals surface area contributed by atoms with Crippen molar-refractivity contribution in [3.05, 3.63) is 80.8 Å². The van der Waals surface area contributed by atoms with Crippen molar-refractivity contribution < 1.29 is 4.79 Å². The minimum Gasteiger partial charge on any atom is -0.300 e. The number of aromatic nitrogens is 1. The second-order valence-corrected chi connectivity index (χ2v) is 7.70. The van der Waals surface area contributed by atoms with Gasteiger partial charge in [0.15, 0.2) is 5.13 Å². The summed E-state index contributed by atoms with van der Waals surface area (Å²) < 4.78 is 0. The number of halogens is 3. The topological polar surface area (TPSA) is 42.0 Å². The van der Waals surface area contributed by atoms with E-state index in [4.69, 9.17) is 34.8 Å². The normalized spacial score (nSPS) is 12.0. The first-order chi connectivity index (χ1) is 12.0. The SMILES string of the molecule is O=C(Nc1ncc(Cc2cc(Cl)ccc2Cl)s1)C(Cl)c1ccccc1. The van der Waals surface area contributed by atoms with E-state index in [0.29, 0.717) is 21.6 Å². The Labute approximate surface area is 164 Å². The van der Waals surface area contributed by atoms with Crippen LogP contribution < -0.4 is 5.32 Å². The highest BCUT2D eigenvalue weighted by Gasteiger charge is 2.18. The van der Waals surface area contributed by atoms with Gasteiger partial charge in [-0.3, -0.25) is 4.79 Å². The van der Waals surface area contributed by atoms with Crippen molar-refractivity contribution in [1.82, 2.24) is 4.98 Å². The number of alkyl halides is 1. The van der Waals surface area contributed by atoms with Crippen LogP contribution in [0.2, 0.25) is 10.0 Å². The molecule has 0 aliphatic heterocycles. The molecule has 0 bridgehead atoms. The molecule has 0 radical (unpaired) electrons. The van der Waals surface area contributed by atoms with Gasteiger partial charge < -0.3 is 5.32 Å². The van der Waals surface area contributed by atoms with E-state index in [1.165, 1.54) is 11.3 Å². The molecule has 3 rings (SSSR count). The third-order valence-electron chi connectivity index (χ3n) is 3.48. The number of amides is 1. The van der Waals surface area contributed by atoms with Crippen molar-refractivity contribution in [2.75, 3.05) is 5.32 Å². The van der Waals surface area contributed by atoms with Crippen LogP contribution in [0.4, 0.5) is 5.13 Å². The number of nitrogens with zero attached hydrogens (tertiary/aromatic N) is 1. The van der Waals surface area contributed by atoms with Gasteiger partial charge in [0.05, 0.1) is 0 Å². The maximum absolute atomic E-state index is 12.3. The van der Waals surface area contributed by atoms with Crippen molar-refractivity contribution in [1.29, 1.82) is 0 Å². The van der Waals surface area contributed by atoms with Crippen LogP contribution in [0.1, 0.15) is 21.4 Å². The fourth-order valence-corrected chi connectivity index (χ4v) is 3.67. The van der Waals surface area contributed by atoms with E-state index >= 15 is 0 Å². The molecular weight excluding hydrogens is 399 g/mol. The standard InChI is InChI=1S/C18H13Cl3N2OS/c19-13-6-7-15(20)12(8-13)9-14-10-22-18(25-14)23-17(24)16(21)11-4-2-1-3-5-11/h1-8,10,16H,9H2,(H,22,23,24). The Morgan fingerprint density at radius 1 is 1.16 bits per heavy atom. The summed E-state index contributed by atoms with van der Waals surface area (Å²) in [5, 5.41) is 3.76. The molecule has 7 heteroatoms. The summed E-state index contributed by atoms with van der Waals surface area (Å²) >= 11 is 19.8. The highest BCUT2D eigenvalue weighted by atomic mass is 35.5. The predicted octanol–water partition coefficient (Wildman–Crippen LogP) is 5.96. The number of thiazole rings is 1. The van der Waals surface area contributed by atoms with Crippen molar-refractivity contribution in [3.63, 3.8) is 0 Å². The molecule has 25 heavy (non-hydrogen) atoms. The molecule has 0 saturated carbocycles. The molecule has 1 amide bonds. The van der Waals surface area contributed by atoms with Crippen LogP contribution in [0, 0.1) is 0 Å². The number of hydrogen-bond acceptors (Lipinski definition) is 3. The molecule has 1 N–H and O–H groups in total. The van der Waals surface area contributed by atoms with Crippen molar-refractivity contribution in [2.45, 2.75) is 11.8 Å². The van der Waals surface area contributed by atoms with Gasteiger partial charge in [-0.05, 0) is 29.3 Å². The van der Waals surface area contributed by atoms with Crippen LogP contribution in [0.5, 0.6) is 0 Å². The molecule has 0 aliphatic rings. The number of rotatable bonds is 5. The van der Waals surface area contributed by atoms with Crippen LogP contribution in [-0.2, 0) is 11.2 Å². The molecule has 0 aliphatic carbocycles. The molecule has 3 nitrogen and oxygen atoms in total. The summed E-state index contributed by atoms with van der Waals surface area (Å²) in [5.74, 6) is -0.311. The van der Waals surface area contributed by atoms with E-state index < -0.39 is 5.38 Å². The zero-order chi connectivity index (χ0) is 17.8. The first kappa shape index (κ1) is 18.2. The summed E-state index contributed by atoms with van der Waals surface area (Å²) in [6.45, 7) is 0. The van der Waals surface area contributed by atoms with E-state index in [2.05, 4.69) is 10.3 Å². The molecule has 128 valence electrons. The molecule has 0 spiro atoms. The van der Waals surface area contributed by atoms with Gasteiger partial charge in [-0.15, -0.1) is 22.9 Å². The Morgan fingerprint density at radius 2 is 1.92 bits per heavy atom. The van der Waals surface area contributed by atoms with E-state index in [0.717, 1.165) is 16.0 Å². The van der Waals surface area contributed by atoms with Crippen molar-refractivity contribution in [3.8, 4) is 0 Å². The molecular formula is C18H13Cl3N2OS. The Bertz CT molecular complexity index is 883. The summed E-state index contributed by atoms with van der Waals surface area (Å²) in [6.07, 6.45) is 2.30. The van der Waals surface area contributed by atoms with Crippen LogP contribution >= 0.6 is 46.1 Å². The first-order valence-electron chi connectivity index (χ1n) is 7.41. The third kappa shape index (κ3) is 4.73. The fourth-order valence-electron chi connectivity index (χ4n) is 2.26. The number of carbonyl (C=O) groups is 1. The van der Waals surface area contributed by atoms with Crippen molar-refractivity contribution in [2.24, 2.45) is 0 Å². The maximum Gasteiger partial charge on any atom is 0.248 e. The zero-order valence-corrected chi connectivity index (χ0v) is 16.0. The van der Waals surface area contributed by atoms with E-state index in [9.17, 15) is 4.79 Å². The number of anilines is 1. The summed E-state index contributed by atoms with van der Waals surface area (Å²) in [6, 6.07) is 14.5. The Balaban J connectivity index is 1.67. The van der Waals surface area contributed by atoms with Gasteiger partial charge >= 0.3 is 0 Å². The predicted molar refractivity (Wildman–Crippen MR) is 105 cm³/mol. The lowest BCUT2D eigenvalue weighted by Gasteiger charge is -2.08. The number of benzene rings is 2. The van der Waals surface area contributed by atoms with E-state index in [1.54, 1.807) is 18.3 Å². The molecule has 3 aromatic rings. The first-order valence-corrected chi connectivity index (χ1v) is 9.42. The zero-order valence-electron chi connectivity index (χ0n) is 12.9. The average molecular weight is 412 g/mol. The highest BCUT2D eigenvalue weighted by Crippen LogP contribution is 2.28. The molecule has 1 unspecified atom stereocenters. The van der Waals surface area contributed by atoms with E-state index in [1.807, 2.05) is 36.4 Å². The number of carbonyl (C=O) groups excluding carboxylic acids is 1. The lowest BCUT2D eigenvalue weighted by Crippen LogP contribution is -2.17. The monoisotopic (exact) mass is 410 g/mol. The van der Waals surface area contributed by atoms with Gasteiger partial charge in [-0.25, -0.2) is 4.98 Å². The average Bonchev–Trinajstić information content (AvgIpc) is 3.05. The summed E-state index contributed by atoms with van der Waals surface area (Å²) in [7, 11) is 0. The Hall–Kier alpha value is -1.59.